The highest BCUT2D eigenvalue weighted by Crippen LogP contribution is 2.54. The van der Waals surface area contributed by atoms with Gasteiger partial charge in [0, 0.05) is 26.6 Å². The number of thiocarbonyl (C=S) groups is 1. The molecule has 0 unspecified atom stereocenters. The van der Waals surface area contributed by atoms with Crippen LogP contribution in [-0.4, -0.2) is 22.2 Å². The third-order valence-corrected chi connectivity index (χ3v) is 5.86. The molecule has 2 heterocycles. The van der Waals surface area contributed by atoms with Crippen LogP contribution in [-0.2, 0) is 9.59 Å². The van der Waals surface area contributed by atoms with Crippen LogP contribution in [0.15, 0.2) is 39.6 Å². The van der Waals surface area contributed by atoms with Crippen LogP contribution in [0.3, 0.4) is 0 Å². The summed E-state index contributed by atoms with van der Waals surface area (Å²) >= 11 is 6.84. The molecule has 5 nitrogen and oxygen atoms in total. The molecule has 0 saturated heterocycles. The van der Waals surface area contributed by atoms with Crippen LogP contribution in [0, 0.1) is 0 Å². The quantitative estimate of drug-likeness (QED) is 0.329. The highest BCUT2D eigenvalue weighted by atomic mass is 32.2. The number of benzene rings is 1. The number of carbonyl (C=O) groups excluding carboxylic acids is 2. The average Bonchev–Trinajstić information content (AvgIpc) is 2.77. The van der Waals surface area contributed by atoms with E-state index in [1.165, 1.54) is 11.8 Å². The van der Waals surface area contributed by atoms with E-state index in [9.17, 15) is 9.59 Å². The second kappa shape index (κ2) is 5.21. The first-order chi connectivity index (χ1) is 10.7. The van der Waals surface area contributed by atoms with Crippen molar-refractivity contribution in [1.82, 2.24) is 0 Å². The van der Waals surface area contributed by atoms with Crippen molar-refractivity contribution in [2.75, 3.05) is 5.32 Å². The highest BCUT2D eigenvalue weighted by Gasteiger charge is 2.42. The van der Waals surface area contributed by atoms with E-state index < -0.39 is 11.8 Å². The van der Waals surface area contributed by atoms with Gasteiger partial charge in [-0.25, -0.2) is 0 Å². The number of fused-ring (bicyclic) bond motifs is 2. The maximum Gasteiger partial charge on any atom is 0.255 e. The Kier molecular flexibility index (Phi) is 3.57. The first kappa shape index (κ1) is 15.8. The summed E-state index contributed by atoms with van der Waals surface area (Å²) < 4.78 is 0. The average molecular weight is 345 g/mol. The van der Waals surface area contributed by atoms with E-state index in [2.05, 4.69) is 5.32 Å². The Bertz CT molecular complexity index is 821. The minimum atomic E-state index is -0.860. The van der Waals surface area contributed by atoms with Gasteiger partial charge < -0.3 is 16.8 Å². The van der Waals surface area contributed by atoms with Crippen molar-refractivity contribution >= 4 is 51.9 Å². The second-order valence-electron chi connectivity index (χ2n) is 5.86. The standard InChI is InChI=1S/C16H15N3O2S2/c1-16(2)13-9(7-5-3-4-6-8(7)19-16)11(22)12(23-13)10(14(17)20)15(18)21/h3-6,19H,1-2H3,(H2,17,20)(H2,18,21). The number of amides is 2. The number of rotatable bonds is 2. The maximum atomic E-state index is 11.6. The van der Waals surface area contributed by atoms with Crippen LogP contribution >= 0.6 is 24.0 Å². The summed E-state index contributed by atoms with van der Waals surface area (Å²) in [4.78, 5) is 25.1. The van der Waals surface area contributed by atoms with E-state index in [0.717, 1.165) is 21.7 Å². The third-order valence-electron chi connectivity index (χ3n) is 3.80. The van der Waals surface area contributed by atoms with Gasteiger partial charge in [-0.15, -0.1) is 0 Å². The molecule has 2 amide bonds. The van der Waals surface area contributed by atoms with Crippen molar-refractivity contribution in [3.8, 4) is 0 Å². The molecule has 1 aromatic carbocycles. The number of thioether (sulfide) groups is 1. The molecule has 0 spiro atoms. The van der Waals surface area contributed by atoms with Crippen molar-refractivity contribution in [1.29, 1.82) is 0 Å². The summed E-state index contributed by atoms with van der Waals surface area (Å²) in [7, 11) is 0. The maximum absolute atomic E-state index is 11.6. The van der Waals surface area contributed by atoms with Crippen molar-refractivity contribution in [3.63, 3.8) is 0 Å². The van der Waals surface area contributed by atoms with Crippen LogP contribution in [0.25, 0.3) is 5.57 Å². The smallest absolute Gasteiger partial charge is 0.255 e. The molecule has 2 aliphatic rings. The lowest BCUT2D eigenvalue weighted by Gasteiger charge is -2.34. The van der Waals surface area contributed by atoms with E-state index in [-0.39, 0.29) is 11.1 Å². The van der Waals surface area contributed by atoms with Crippen LogP contribution < -0.4 is 16.8 Å². The topological polar surface area (TPSA) is 98.2 Å². The summed E-state index contributed by atoms with van der Waals surface area (Å²) in [6.45, 7) is 4.04. The SMILES string of the molecule is CC1(C)Nc2ccccc2C2=C1SC(=C(C(N)=O)C(N)=O)C2=S. The Morgan fingerprint density at radius 2 is 1.78 bits per heavy atom. The zero-order valence-electron chi connectivity index (χ0n) is 12.6. The van der Waals surface area contributed by atoms with Gasteiger partial charge in [-0.3, -0.25) is 9.59 Å². The molecule has 118 valence electrons. The van der Waals surface area contributed by atoms with E-state index in [1.54, 1.807) is 0 Å². The summed E-state index contributed by atoms with van der Waals surface area (Å²) in [5.74, 6) is -1.72. The zero-order chi connectivity index (χ0) is 16.9. The fraction of sp³-hybridized carbons (Fsp3) is 0.188. The number of allylic oxidation sites excluding steroid dienone is 2. The van der Waals surface area contributed by atoms with Gasteiger partial charge in [0.2, 0.25) is 0 Å². The third kappa shape index (κ3) is 2.36. The molecule has 0 bridgehead atoms. The van der Waals surface area contributed by atoms with Gasteiger partial charge in [0.15, 0.2) is 0 Å². The Morgan fingerprint density at radius 1 is 1.17 bits per heavy atom. The summed E-state index contributed by atoms with van der Waals surface area (Å²) in [5.41, 5.74) is 12.8. The van der Waals surface area contributed by atoms with Gasteiger partial charge in [0.1, 0.15) is 5.57 Å². The molecule has 7 heteroatoms. The predicted molar refractivity (Wildman–Crippen MR) is 96.7 cm³/mol. The van der Waals surface area contributed by atoms with E-state index in [0.29, 0.717) is 9.77 Å². The van der Waals surface area contributed by atoms with Crippen LogP contribution in [0.1, 0.15) is 19.4 Å². The van der Waals surface area contributed by atoms with Crippen LogP contribution in [0.2, 0.25) is 0 Å². The van der Waals surface area contributed by atoms with Gasteiger partial charge in [-0.05, 0) is 19.9 Å². The number of carbonyl (C=O) groups is 2. The van der Waals surface area contributed by atoms with Crippen molar-refractivity contribution < 1.29 is 9.59 Å². The molecule has 23 heavy (non-hydrogen) atoms. The van der Waals surface area contributed by atoms with Crippen LogP contribution in [0.4, 0.5) is 5.69 Å². The van der Waals surface area contributed by atoms with Gasteiger partial charge in [0.25, 0.3) is 11.8 Å². The number of hydrogen-bond acceptors (Lipinski definition) is 5. The lowest BCUT2D eigenvalue weighted by molar-refractivity contribution is -0.120. The molecule has 2 aliphatic heterocycles. The molecule has 0 saturated carbocycles. The molecule has 0 radical (unpaired) electrons. The number of anilines is 1. The molecule has 5 N–H and O–H groups in total. The van der Waals surface area contributed by atoms with Gasteiger partial charge in [-0.2, -0.15) is 0 Å². The lowest BCUT2D eigenvalue weighted by atomic mass is 9.88. The Hall–Kier alpha value is -2.12. The molecular weight excluding hydrogens is 330 g/mol. The largest absolute Gasteiger partial charge is 0.375 e. The molecule has 0 aromatic heterocycles. The van der Waals surface area contributed by atoms with Gasteiger partial charge in [-0.1, -0.05) is 42.2 Å². The molecule has 0 atom stereocenters. The molecule has 0 aliphatic carbocycles. The minimum absolute atomic E-state index is 0.234. The van der Waals surface area contributed by atoms with Crippen molar-refractivity contribution in [2.45, 2.75) is 19.4 Å². The molecule has 1 aromatic rings. The number of hydrogen-bond donors (Lipinski definition) is 3. The molecule has 3 rings (SSSR count). The Morgan fingerprint density at radius 3 is 2.39 bits per heavy atom. The predicted octanol–water partition coefficient (Wildman–Crippen LogP) is 1.94. The molecular formula is C16H15N3O2S2. The van der Waals surface area contributed by atoms with E-state index in [4.69, 9.17) is 23.7 Å². The number of nitrogens with one attached hydrogen (secondary N) is 1. The normalized spacial score (nSPS) is 18.2. The van der Waals surface area contributed by atoms with Crippen molar-refractivity contribution in [2.24, 2.45) is 11.5 Å². The van der Waals surface area contributed by atoms with Crippen LogP contribution in [0.5, 0.6) is 0 Å². The summed E-state index contributed by atoms with van der Waals surface area (Å²) in [5, 5.41) is 3.45. The fourth-order valence-corrected chi connectivity index (χ4v) is 4.64. The second-order valence-corrected chi connectivity index (χ2v) is 7.29. The Balaban J connectivity index is 2.25. The zero-order valence-corrected chi connectivity index (χ0v) is 14.2. The van der Waals surface area contributed by atoms with Crippen molar-refractivity contribution in [3.05, 3.63) is 45.2 Å². The first-order valence-corrected chi connectivity index (χ1v) is 8.15. The molecule has 0 fully saturated rings. The van der Waals surface area contributed by atoms with Gasteiger partial charge >= 0.3 is 0 Å². The van der Waals surface area contributed by atoms with Gasteiger partial charge in [0.05, 0.1) is 10.4 Å². The van der Waals surface area contributed by atoms with E-state index in [1.807, 2.05) is 38.1 Å². The summed E-state index contributed by atoms with van der Waals surface area (Å²) in [6, 6.07) is 7.78. The summed E-state index contributed by atoms with van der Waals surface area (Å²) in [6.07, 6.45) is 0. The number of primary amides is 2. The highest BCUT2D eigenvalue weighted by molar-refractivity contribution is 8.10. The fourth-order valence-electron chi connectivity index (χ4n) is 2.81. The monoisotopic (exact) mass is 345 g/mol. The lowest BCUT2D eigenvalue weighted by Crippen LogP contribution is -2.35. The van der Waals surface area contributed by atoms with E-state index >= 15 is 0 Å². The minimum Gasteiger partial charge on any atom is -0.375 e. The Labute approximate surface area is 143 Å². The first-order valence-electron chi connectivity index (χ1n) is 6.93. The number of nitrogens with two attached hydrogens (primary N) is 2. The number of para-hydroxylation sites is 1.